The molecular weight excluding hydrogens is 238 g/mol. The number of aliphatic hydroxyl groups is 1. The fraction of sp³-hybridized carbons (Fsp3) is 0.462. The number of hydrogen-bond donors (Lipinski definition) is 1. The summed E-state index contributed by atoms with van der Waals surface area (Å²) in [7, 11) is 1.79. The minimum Gasteiger partial charge on any atom is -0.396 e. The van der Waals surface area contributed by atoms with E-state index in [2.05, 4.69) is 0 Å². The molecule has 0 aliphatic carbocycles. The molecule has 0 spiro atoms. The highest BCUT2D eigenvalue weighted by Crippen LogP contribution is 2.35. The predicted molar refractivity (Wildman–Crippen MR) is 66.8 cm³/mol. The number of likely N-dealkylation sites (tertiary alicyclic amines) is 1. The van der Waals surface area contributed by atoms with Crippen molar-refractivity contribution < 1.29 is 9.90 Å². The van der Waals surface area contributed by atoms with E-state index in [1.807, 2.05) is 24.3 Å². The van der Waals surface area contributed by atoms with E-state index in [-0.39, 0.29) is 24.5 Å². The molecule has 0 saturated carbocycles. The van der Waals surface area contributed by atoms with Gasteiger partial charge in [-0.25, -0.2) is 0 Å². The van der Waals surface area contributed by atoms with Crippen molar-refractivity contribution in [2.45, 2.75) is 18.9 Å². The lowest BCUT2D eigenvalue weighted by Crippen LogP contribution is -2.41. The molecule has 1 saturated heterocycles. The summed E-state index contributed by atoms with van der Waals surface area (Å²) in [5.41, 5.74) is 0.993. The average Bonchev–Trinajstić information content (AvgIpc) is 2.32. The van der Waals surface area contributed by atoms with E-state index in [9.17, 15) is 9.90 Å². The zero-order chi connectivity index (χ0) is 12.4. The van der Waals surface area contributed by atoms with E-state index in [4.69, 9.17) is 11.6 Å². The first-order valence-corrected chi connectivity index (χ1v) is 6.13. The van der Waals surface area contributed by atoms with Crippen LogP contribution in [0.25, 0.3) is 0 Å². The van der Waals surface area contributed by atoms with Gasteiger partial charge >= 0.3 is 0 Å². The molecule has 0 radical (unpaired) electrons. The molecule has 1 amide bonds. The summed E-state index contributed by atoms with van der Waals surface area (Å²) >= 11 is 5.97. The molecule has 2 unspecified atom stereocenters. The van der Waals surface area contributed by atoms with Crippen molar-refractivity contribution >= 4 is 17.5 Å². The number of piperidine rings is 1. The van der Waals surface area contributed by atoms with Crippen molar-refractivity contribution in [3.05, 3.63) is 34.9 Å². The minimum absolute atomic E-state index is 0.0695. The van der Waals surface area contributed by atoms with Crippen molar-refractivity contribution in [1.82, 2.24) is 4.90 Å². The first-order valence-electron chi connectivity index (χ1n) is 5.75. The number of carbonyl (C=O) groups is 1. The Kier molecular flexibility index (Phi) is 3.69. The van der Waals surface area contributed by atoms with Gasteiger partial charge in [-0.2, -0.15) is 0 Å². The minimum atomic E-state index is -0.0695. The van der Waals surface area contributed by atoms with Crippen LogP contribution >= 0.6 is 11.6 Å². The van der Waals surface area contributed by atoms with Crippen LogP contribution in [0, 0.1) is 5.92 Å². The van der Waals surface area contributed by atoms with Crippen molar-refractivity contribution in [3.63, 3.8) is 0 Å². The Bertz CT molecular complexity index is 422. The molecule has 4 heteroatoms. The summed E-state index contributed by atoms with van der Waals surface area (Å²) in [6.07, 6.45) is 1.25. The number of carbonyl (C=O) groups excluding carboxylic acids is 1. The lowest BCUT2D eigenvalue weighted by molar-refractivity contribution is -0.137. The number of rotatable bonds is 2. The second-order valence-corrected chi connectivity index (χ2v) is 4.92. The summed E-state index contributed by atoms with van der Waals surface area (Å²) in [5.74, 6) is 0.218. The molecule has 1 aromatic carbocycles. The van der Waals surface area contributed by atoms with Crippen LogP contribution in [-0.2, 0) is 4.79 Å². The zero-order valence-corrected chi connectivity index (χ0v) is 10.5. The summed E-state index contributed by atoms with van der Waals surface area (Å²) in [6, 6.07) is 7.43. The van der Waals surface area contributed by atoms with Crippen LogP contribution in [0.3, 0.4) is 0 Å². The van der Waals surface area contributed by atoms with Gasteiger partial charge in [-0.3, -0.25) is 4.79 Å². The Hall–Kier alpha value is -1.06. The molecule has 2 atom stereocenters. The molecular formula is C13H16ClNO2. The number of amides is 1. The predicted octanol–water partition coefficient (Wildman–Crippen LogP) is 2.24. The van der Waals surface area contributed by atoms with Gasteiger partial charge < -0.3 is 10.0 Å². The second kappa shape index (κ2) is 5.07. The number of halogens is 1. The zero-order valence-electron chi connectivity index (χ0n) is 9.77. The maximum Gasteiger partial charge on any atom is 0.222 e. The van der Waals surface area contributed by atoms with Crippen LogP contribution in [-0.4, -0.2) is 29.6 Å². The molecule has 1 N–H and O–H groups in total. The molecule has 3 nitrogen and oxygen atoms in total. The lowest BCUT2D eigenvalue weighted by Gasteiger charge is -2.38. The quantitative estimate of drug-likeness (QED) is 0.878. The molecule has 1 aliphatic rings. The van der Waals surface area contributed by atoms with E-state index < -0.39 is 0 Å². The van der Waals surface area contributed by atoms with Gasteiger partial charge in [0.15, 0.2) is 0 Å². The Morgan fingerprint density at radius 1 is 1.53 bits per heavy atom. The SMILES string of the molecule is CN1C(=O)CCC(CO)C1c1cccc(Cl)c1. The normalized spacial score (nSPS) is 25.1. The van der Waals surface area contributed by atoms with Gasteiger partial charge in [0.05, 0.1) is 6.04 Å². The van der Waals surface area contributed by atoms with E-state index >= 15 is 0 Å². The number of benzene rings is 1. The highest BCUT2D eigenvalue weighted by Gasteiger charge is 2.34. The topological polar surface area (TPSA) is 40.5 Å². The Labute approximate surface area is 106 Å². The molecule has 2 rings (SSSR count). The van der Waals surface area contributed by atoms with E-state index in [1.165, 1.54) is 0 Å². The van der Waals surface area contributed by atoms with Crippen LogP contribution in [0.5, 0.6) is 0 Å². The standard InChI is InChI=1S/C13H16ClNO2/c1-15-12(17)6-5-10(8-16)13(15)9-3-2-4-11(14)7-9/h2-4,7,10,13,16H,5-6,8H2,1H3. The van der Waals surface area contributed by atoms with Crippen molar-refractivity contribution in [2.24, 2.45) is 5.92 Å². The third kappa shape index (κ3) is 2.45. The van der Waals surface area contributed by atoms with Gasteiger partial charge in [0.1, 0.15) is 0 Å². The van der Waals surface area contributed by atoms with Crippen LogP contribution < -0.4 is 0 Å². The third-order valence-electron chi connectivity index (χ3n) is 3.41. The molecule has 0 bridgehead atoms. The maximum absolute atomic E-state index is 11.7. The number of nitrogens with zero attached hydrogens (tertiary/aromatic N) is 1. The monoisotopic (exact) mass is 253 g/mol. The number of aliphatic hydroxyl groups excluding tert-OH is 1. The first-order chi connectivity index (χ1) is 8.13. The van der Waals surface area contributed by atoms with Crippen molar-refractivity contribution in [1.29, 1.82) is 0 Å². The fourth-order valence-electron chi connectivity index (χ4n) is 2.49. The largest absolute Gasteiger partial charge is 0.396 e. The Morgan fingerprint density at radius 2 is 2.29 bits per heavy atom. The first kappa shape index (κ1) is 12.4. The van der Waals surface area contributed by atoms with Crippen LogP contribution in [0.15, 0.2) is 24.3 Å². The molecule has 1 aromatic rings. The van der Waals surface area contributed by atoms with Gasteiger partial charge in [-0.15, -0.1) is 0 Å². The van der Waals surface area contributed by atoms with Gasteiger partial charge in [0, 0.05) is 31.0 Å². The lowest BCUT2D eigenvalue weighted by atomic mass is 9.85. The molecule has 17 heavy (non-hydrogen) atoms. The fourth-order valence-corrected chi connectivity index (χ4v) is 2.69. The Morgan fingerprint density at radius 3 is 2.94 bits per heavy atom. The molecule has 1 aliphatic heterocycles. The summed E-state index contributed by atoms with van der Waals surface area (Å²) < 4.78 is 0. The Balaban J connectivity index is 2.34. The van der Waals surface area contributed by atoms with Gasteiger partial charge in [-0.05, 0) is 24.1 Å². The summed E-state index contributed by atoms with van der Waals surface area (Å²) in [6.45, 7) is 0.0921. The van der Waals surface area contributed by atoms with Crippen LogP contribution in [0.4, 0.5) is 0 Å². The summed E-state index contributed by atoms with van der Waals surface area (Å²) in [5, 5.41) is 10.1. The van der Waals surface area contributed by atoms with E-state index in [0.717, 1.165) is 12.0 Å². The van der Waals surface area contributed by atoms with Crippen LogP contribution in [0.2, 0.25) is 5.02 Å². The summed E-state index contributed by atoms with van der Waals surface area (Å²) in [4.78, 5) is 13.5. The second-order valence-electron chi connectivity index (χ2n) is 4.49. The van der Waals surface area contributed by atoms with Crippen molar-refractivity contribution in [3.8, 4) is 0 Å². The van der Waals surface area contributed by atoms with Gasteiger partial charge in [0.2, 0.25) is 5.91 Å². The highest BCUT2D eigenvalue weighted by atomic mass is 35.5. The average molecular weight is 254 g/mol. The van der Waals surface area contributed by atoms with E-state index in [0.29, 0.717) is 11.4 Å². The molecule has 92 valence electrons. The smallest absolute Gasteiger partial charge is 0.222 e. The van der Waals surface area contributed by atoms with E-state index in [1.54, 1.807) is 11.9 Å². The highest BCUT2D eigenvalue weighted by molar-refractivity contribution is 6.30. The van der Waals surface area contributed by atoms with Gasteiger partial charge in [-0.1, -0.05) is 23.7 Å². The third-order valence-corrected chi connectivity index (χ3v) is 3.65. The molecule has 1 fully saturated rings. The van der Waals surface area contributed by atoms with Crippen molar-refractivity contribution in [2.75, 3.05) is 13.7 Å². The van der Waals surface area contributed by atoms with Gasteiger partial charge in [0.25, 0.3) is 0 Å². The maximum atomic E-state index is 11.7. The van der Waals surface area contributed by atoms with Crippen LogP contribution in [0.1, 0.15) is 24.4 Å². The number of hydrogen-bond acceptors (Lipinski definition) is 2. The molecule has 0 aromatic heterocycles. The molecule has 1 heterocycles.